The molecule has 0 fully saturated rings. The maximum atomic E-state index is 11.7. The lowest BCUT2D eigenvalue weighted by molar-refractivity contribution is 0.224. The monoisotopic (exact) mass is 389 g/mol. The average molecular weight is 390 g/mol. The zero-order valence-corrected chi connectivity index (χ0v) is 17.0. The molecule has 0 heterocycles. The lowest BCUT2D eigenvalue weighted by Crippen LogP contribution is -2.41. The van der Waals surface area contributed by atoms with Crippen molar-refractivity contribution < 1.29 is 13.2 Å². The number of hydrogen-bond acceptors (Lipinski definition) is 4. The Hall–Kier alpha value is -2.54. The van der Waals surface area contributed by atoms with E-state index in [9.17, 15) is 8.42 Å². The van der Waals surface area contributed by atoms with E-state index in [0.29, 0.717) is 23.9 Å². The molecule has 0 aliphatic rings. The van der Waals surface area contributed by atoms with Crippen molar-refractivity contribution in [2.24, 2.45) is 4.99 Å². The van der Waals surface area contributed by atoms with E-state index < -0.39 is 9.84 Å². The smallest absolute Gasteiger partial charge is 0.191 e. The molecule has 0 spiro atoms. The molecule has 146 valence electrons. The predicted octanol–water partition coefficient (Wildman–Crippen LogP) is 2.53. The Morgan fingerprint density at radius 1 is 1.15 bits per heavy atom. The van der Waals surface area contributed by atoms with Gasteiger partial charge in [0.15, 0.2) is 15.8 Å². The number of nitrogens with zero attached hydrogens (tertiary/aromatic N) is 1. The van der Waals surface area contributed by atoms with E-state index in [-0.39, 0.29) is 6.10 Å². The summed E-state index contributed by atoms with van der Waals surface area (Å²) in [6.07, 6.45) is 1.19. The number of sulfone groups is 1. The first-order chi connectivity index (χ1) is 12.8. The topological polar surface area (TPSA) is 79.8 Å². The SMILES string of the molecule is CN=C(NCc1ccc(S(C)(=O)=O)c(C)c1)NCC(C)Oc1ccccc1. The molecular formula is C20H27N3O3S. The van der Waals surface area contributed by atoms with Gasteiger partial charge in [0.05, 0.1) is 11.4 Å². The average Bonchev–Trinajstić information content (AvgIpc) is 2.61. The molecule has 0 saturated carbocycles. The first-order valence-electron chi connectivity index (χ1n) is 8.75. The molecule has 1 atom stereocenters. The third-order valence-corrected chi connectivity index (χ3v) is 5.22. The zero-order valence-electron chi connectivity index (χ0n) is 16.2. The molecule has 0 radical (unpaired) electrons. The van der Waals surface area contributed by atoms with E-state index in [1.165, 1.54) is 6.26 Å². The van der Waals surface area contributed by atoms with Gasteiger partial charge in [0.25, 0.3) is 0 Å². The van der Waals surface area contributed by atoms with Gasteiger partial charge in [-0.05, 0) is 43.2 Å². The summed E-state index contributed by atoms with van der Waals surface area (Å²) >= 11 is 0. The van der Waals surface area contributed by atoms with E-state index in [4.69, 9.17) is 4.74 Å². The Kier molecular flexibility index (Phi) is 7.24. The number of para-hydroxylation sites is 1. The van der Waals surface area contributed by atoms with Crippen LogP contribution in [0.25, 0.3) is 0 Å². The lowest BCUT2D eigenvalue weighted by Gasteiger charge is -2.18. The second-order valence-electron chi connectivity index (χ2n) is 6.42. The normalized spacial score (nSPS) is 13.1. The minimum Gasteiger partial charge on any atom is -0.489 e. The molecule has 0 amide bonds. The van der Waals surface area contributed by atoms with Crippen molar-refractivity contribution in [2.75, 3.05) is 19.8 Å². The minimum absolute atomic E-state index is 0.0257. The van der Waals surface area contributed by atoms with Crippen molar-refractivity contribution in [1.29, 1.82) is 0 Å². The van der Waals surface area contributed by atoms with Gasteiger partial charge in [-0.25, -0.2) is 8.42 Å². The maximum Gasteiger partial charge on any atom is 0.191 e. The molecule has 0 aliphatic carbocycles. The highest BCUT2D eigenvalue weighted by atomic mass is 32.2. The molecule has 27 heavy (non-hydrogen) atoms. The van der Waals surface area contributed by atoms with Crippen molar-refractivity contribution in [3.8, 4) is 5.75 Å². The molecule has 2 N–H and O–H groups in total. The summed E-state index contributed by atoms with van der Waals surface area (Å²) in [6, 6.07) is 15.0. The van der Waals surface area contributed by atoms with Gasteiger partial charge in [-0.1, -0.05) is 30.3 Å². The van der Waals surface area contributed by atoms with Gasteiger partial charge in [0.2, 0.25) is 0 Å². The Balaban J connectivity index is 1.86. The van der Waals surface area contributed by atoms with Crippen LogP contribution in [0, 0.1) is 6.92 Å². The van der Waals surface area contributed by atoms with Crippen molar-refractivity contribution >= 4 is 15.8 Å². The van der Waals surface area contributed by atoms with Crippen LogP contribution in [0.4, 0.5) is 0 Å². The molecule has 0 saturated heterocycles. The number of ether oxygens (including phenoxy) is 1. The maximum absolute atomic E-state index is 11.7. The fraction of sp³-hybridized carbons (Fsp3) is 0.350. The third-order valence-electron chi connectivity index (χ3n) is 3.96. The van der Waals surface area contributed by atoms with Gasteiger partial charge in [-0.3, -0.25) is 4.99 Å². The molecule has 2 aromatic rings. The van der Waals surface area contributed by atoms with E-state index >= 15 is 0 Å². The van der Waals surface area contributed by atoms with Gasteiger partial charge in [0.1, 0.15) is 11.9 Å². The highest BCUT2D eigenvalue weighted by Gasteiger charge is 2.11. The van der Waals surface area contributed by atoms with Gasteiger partial charge >= 0.3 is 0 Å². The first-order valence-corrected chi connectivity index (χ1v) is 10.6. The van der Waals surface area contributed by atoms with Gasteiger partial charge in [0, 0.05) is 19.8 Å². The number of aryl methyl sites for hydroxylation is 1. The Labute approximate surface area is 161 Å². The van der Waals surface area contributed by atoms with Crippen LogP contribution in [0.2, 0.25) is 0 Å². The molecule has 0 bridgehead atoms. The van der Waals surface area contributed by atoms with Crippen LogP contribution in [0.15, 0.2) is 58.4 Å². The number of benzene rings is 2. The van der Waals surface area contributed by atoms with Crippen molar-refractivity contribution in [1.82, 2.24) is 10.6 Å². The molecule has 2 aromatic carbocycles. The van der Waals surface area contributed by atoms with E-state index in [1.807, 2.05) is 49.4 Å². The molecule has 6 nitrogen and oxygen atoms in total. The lowest BCUT2D eigenvalue weighted by atomic mass is 10.1. The van der Waals surface area contributed by atoms with Crippen LogP contribution in [0.5, 0.6) is 5.75 Å². The summed E-state index contributed by atoms with van der Waals surface area (Å²) in [5.41, 5.74) is 1.72. The van der Waals surface area contributed by atoms with Crippen LogP contribution in [0.3, 0.4) is 0 Å². The number of aliphatic imine (C=N–C) groups is 1. The largest absolute Gasteiger partial charge is 0.489 e. The van der Waals surface area contributed by atoms with Crippen LogP contribution >= 0.6 is 0 Å². The van der Waals surface area contributed by atoms with Gasteiger partial charge < -0.3 is 15.4 Å². The van der Waals surface area contributed by atoms with Crippen LogP contribution in [-0.2, 0) is 16.4 Å². The van der Waals surface area contributed by atoms with Gasteiger partial charge in [-0.15, -0.1) is 0 Å². The molecule has 0 aromatic heterocycles. The number of hydrogen-bond donors (Lipinski definition) is 2. The zero-order chi connectivity index (χ0) is 19.9. The standard InChI is InChI=1S/C20H27N3O3S/c1-15-12-17(10-11-19(15)27(4,24)25)14-23-20(21-3)22-13-16(2)26-18-8-6-5-7-9-18/h5-12,16H,13-14H2,1-4H3,(H2,21,22,23). The summed E-state index contributed by atoms with van der Waals surface area (Å²) in [5, 5.41) is 6.45. The summed E-state index contributed by atoms with van der Waals surface area (Å²) < 4.78 is 29.2. The number of nitrogens with one attached hydrogen (secondary N) is 2. The highest BCUT2D eigenvalue weighted by Crippen LogP contribution is 2.16. The van der Waals surface area contributed by atoms with Crippen molar-refractivity contribution in [2.45, 2.75) is 31.4 Å². The second-order valence-corrected chi connectivity index (χ2v) is 8.40. The molecule has 2 rings (SSSR count). The Bertz CT molecular complexity index is 881. The van der Waals surface area contributed by atoms with Crippen LogP contribution in [0.1, 0.15) is 18.1 Å². The fourth-order valence-electron chi connectivity index (χ4n) is 2.66. The first kappa shape index (κ1) is 20.8. The minimum atomic E-state index is -3.20. The predicted molar refractivity (Wildman–Crippen MR) is 109 cm³/mol. The summed E-state index contributed by atoms with van der Waals surface area (Å²) in [7, 11) is -1.50. The Morgan fingerprint density at radius 3 is 2.44 bits per heavy atom. The summed E-state index contributed by atoms with van der Waals surface area (Å²) in [5.74, 6) is 1.49. The summed E-state index contributed by atoms with van der Waals surface area (Å²) in [6.45, 7) is 4.93. The molecular weight excluding hydrogens is 362 g/mol. The number of guanidine groups is 1. The second kappa shape index (κ2) is 9.41. The van der Waals surface area contributed by atoms with Crippen molar-refractivity contribution in [3.63, 3.8) is 0 Å². The molecule has 0 aliphatic heterocycles. The van der Waals surface area contributed by atoms with E-state index in [2.05, 4.69) is 15.6 Å². The Morgan fingerprint density at radius 2 is 1.85 bits per heavy atom. The number of rotatable bonds is 7. The van der Waals surface area contributed by atoms with Crippen LogP contribution in [-0.4, -0.2) is 40.3 Å². The van der Waals surface area contributed by atoms with Crippen LogP contribution < -0.4 is 15.4 Å². The van der Waals surface area contributed by atoms with E-state index in [1.54, 1.807) is 20.0 Å². The summed E-state index contributed by atoms with van der Waals surface area (Å²) in [4.78, 5) is 4.57. The molecule has 7 heteroatoms. The van der Waals surface area contributed by atoms with E-state index in [0.717, 1.165) is 16.9 Å². The highest BCUT2D eigenvalue weighted by molar-refractivity contribution is 7.90. The molecule has 1 unspecified atom stereocenters. The quantitative estimate of drug-likeness (QED) is 0.562. The third kappa shape index (κ3) is 6.60. The fourth-order valence-corrected chi connectivity index (χ4v) is 3.62. The van der Waals surface area contributed by atoms with Gasteiger partial charge in [-0.2, -0.15) is 0 Å². The van der Waals surface area contributed by atoms with Crippen molar-refractivity contribution in [3.05, 3.63) is 59.7 Å².